The maximum Gasteiger partial charge on any atom is 0.315 e. The van der Waals surface area contributed by atoms with Crippen molar-refractivity contribution < 1.29 is 18.7 Å². The van der Waals surface area contributed by atoms with Gasteiger partial charge in [0.25, 0.3) is 0 Å². The van der Waals surface area contributed by atoms with E-state index in [0.29, 0.717) is 19.8 Å². The Balaban J connectivity index is 1.29. The van der Waals surface area contributed by atoms with Gasteiger partial charge in [-0.15, -0.1) is 0 Å². The number of amides is 2. The largest absolute Gasteiger partial charge is 0.372 e. The molecule has 2 fully saturated rings. The molecule has 2 heterocycles. The van der Waals surface area contributed by atoms with Gasteiger partial charge in [-0.05, 0) is 29.8 Å². The van der Waals surface area contributed by atoms with E-state index in [4.69, 9.17) is 9.47 Å². The third-order valence-corrected chi connectivity index (χ3v) is 4.91. The zero-order valence-electron chi connectivity index (χ0n) is 15.2. The number of hydrogen-bond donors (Lipinski definition) is 2. The molecule has 2 aliphatic heterocycles. The second-order valence-corrected chi connectivity index (χ2v) is 6.90. The zero-order chi connectivity index (χ0) is 19.3. The minimum absolute atomic E-state index is 0.0146. The summed E-state index contributed by atoms with van der Waals surface area (Å²) < 4.78 is 24.6. The van der Waals surface area contributed by atoms with E-state index < -0.39 is 0 Å². The molecule has 144 valence electrons. The third-order valence-electron chi connectivity index (χ3n) is 4.91. The molecular formula is C22H21FN2O3. The van der Waals surface area contributed by atoms with Crippen LogP contribution in [0.4, 0.5) is 9.18 Å². The molecule has 0 aliphatic carbocycles. The molecule has 28 heavy (non-hydrogen) atoms. The van der Waals surface area contributed by atoms with E-state index in [1.54, 1.807) is 12.1 Å². The first-order valence-corrected chi connectivity index (χ1v) is 9.27. The van der Waals surface area contributed by atoms with Crippen molar-refractivity contribution in [2.45, 2.75) is 24.8 Å². The van der Waals surface area contributed by atoms with Crippen LogP contribution in [-0.4, -0.2) is 37.5 Å². The maximum absolute atomic E-state index is 12.9. The standard InChI is InChI=1S/C22H21FN2O3/c23-18-10-7-16(8-11-18)12-24-22(26)25-19-14-28-20-17(13-27-21(19)20)9-6-15-4-2-1-3-5-15/h1-5,7-8,10-11,17,19-21H,12-14H2,(H2,24,25,26)/t17-,19+,20?,21?/m1/s1. The quantitative estimate of drug-likeness (QED) is 0.805. The second kappa shape index (κ2) is 8.42. The first-order valence-electron chi connectivity index (χ1n) is 9.27. The molecule has 2 aromatic carbocycles. The number of hydrogen-bond acceptors (Lipinski definition) is 3. The van der Waals surface area contributed by atoms with Crippen molar-refractivity contribution in [3.8, 4) is 11.8 Å². The number of carbonyl (C=O) groups is 1. The van der Waals surface area contributed by atoms with Crippen molar-refractivity contribution in [2.24, 2.45) is 5.92 Å². The molecular weight excluding hydrogens is 359 g/mol. The van der Waals surface area contributed by atoms with Crippen molar-refractivity contribution in [3.05, 3.63) is 71.5 Å². The average Bonchev–Trinajstić information content (AvgIpc) is 3.30. The monoisotopic (exact) mass is 380 g/mol. The first-order chi connectivity index (χ1) is 13.7. The molecule has 5 nitrogen and oxygen atoms in total. The summed E-state index contributed by atoms with van der Waals surface area (Å²) in [5, 5.41) is 5.68. The van der Waals surface area contributed by atoms with E-state index >= 15 is 0 Å². The van der Waals surface area contributed by atoms with Crippen molar-refractivity contribution in [2.75, 3.05) is 13.2 Å². The van der Waals surface area contributed by atoms with Gasteiger partial charge in [0.05, 0.1) is 25.2 Å². The minimum Gasteiger partial charge on any atom is -0.372 e. The molecule has 0 bridgehead atoms. The highest BCUT2D eigenvalue weighted by Crippen LogP contribution is 2.30. The predicted octanol–water partition coefficient (Wildman–Crippen LogP) is 2.46. The summed E-state index contributed by atoms with van der Waals surface area (Å²) in [5.41, 5.74) is 1.78. The summed E-state index contributed by atoms with van der Waals surface area (Å²) in [6.07, 6.45) is -0.342. The van der Waals surface area contributed by atoms with Crippen LogP contribution in [0, 0.1) is 23.6 Å². The molecule has 0 radical (unpaired) electrons. The molecule has 4 atom stereocenters. The number of rotatable bonds is 3. The van der Waals surface area contributed by atoms with Crippen LogP contribution < -0.4 is 10.6 Å². The summed E-state index contributed by atoms with van der Waals surface area (Å²) in [6.45, 7) is 1.20. The van der Waals surface area contributed by atoms with Crippen LogP contribution in [0.2, 0.25) is 0 Å². The van der Waals surface area contributed by atoms with Crippen LogP contribution in [-0.2, 0) is 16.0 Å². The number of ether oxygens (including phenoxy) is 2. The van der Waals surface area contributed by atoms with Crippen molar-refractivity contribution in [1.82, 2.24) is 10.6 Å². The summed E-state index contributed by atoms with van der Waals surface area (Å²) >= 11 is 0. The smallest absolute Gasteiger partial charge is 0.315 e. The lowest BCUT2D eigenvalue weighted by Crippen LogP contribution is -2.48. The van der Waals surface area contributed by atoms with Crippen LogP contribution in [0.15, 0.2) is 54.6 Å². The van der Waals surface area contributed by atoms with E-state index in [1.807, 2.05) is 30.3 Å². The molecule has 4 rings (SSSR count). The summed E-state index contributed by atoms with van der Waals surface area (Å²) in [5.74, 6) is 6.08. The predicted molar refractivity (Wildman–Crippen MR) is 102 cm³/mol. The molecule has 0 saturated carbocycles. The van der Waals surface area contributed by atoms with Gasteiger partial charge >= 0.3 is 6.03 Å². The Bertz CT molecular complexity index is 876. The Morgan fingerprint density at radius 1 is 1.04 bits per heavy atom. The summed E-state index contributed by atoms with van der Waals surface area (Å²) in [7, 11) is 0. The Morgan fingerprint density at radius 2 is 1.79 bits per heavy atom. The number of benzene rings is 2. The van der Waals surface area contributed by atoms with Crippen LogP contribution in [0.25, 0.3) is 0 Å². The number of nitrogens with one attached hydrogen (secondary N) is 2. The molecule has 2 aromatic rings. The Hall–Kier alpha value is -2.88. The Kier molecular flexibility index (Phi) is 5.56. The SMILES string of the molecule is O=C(NCc1ccc(F)cc1)N[C@H]1COC2C1OC[C@H]2C#Cc1ccccc1. The van der Waals surface area contributed by atoms with Crippen molar-refractivity contribution in [3.63, 3.8) is 0 Å². The van der Waals surface area contributed by atoms with Crippen LogP contribution in [0.3, 0.4) is 0 Å². The molecule has 2 aliphatic rings. The normalized spacial score (nSPS) is 25.5. The van der Waals surface area contributed by atoms with Gasteiger partial charge in [0.15, 0.2) is 0 Å². The van der Waals surface area contributed by atoms with Gasteiger partial charge in [-0.25, -0.2) is 9.18 Å². The molecule has 2 amide bonds. The van der Waals surface area contributed by atoms with Gasteiger partial charge in [0.2, 0.25) is 0 Å². The minimum atomic E-state index is -0.305. The molecule has 0 spiro atoms. The van der Waals surface area contributed by atoms with E-state index in [0.717, 1.165) is 11.1 Å². The highest BCUT2D eigenvalue weighted by molar-refractivity contribution is 5.74. The van der Waals surface area contributed by atoms with Crippen molar-refractivity contribution in [1.29, 1.82) is 0 Å². The fourth-order valence-electron chi connectivity index (χ4n) is 3.45. The number of halogens is 1. The topological polar surface area (TPSA) is 59.6 Å². The van der Waals surface area contributed by atoms with Crippen LogP contribution >= 0.6 is 0 Å². The Labute approximate surface area is 163 Å². The van der Waals surface area contributed by atoms with Crippen LogP contribution in [0.1, 0.15) is 11.1 Å². The van der Waals surface area contributed by atoms with Gasteiger partial charge in [-0.1, -0.05) is 42.2 Å². The number of carbonyl (C=O) groups excluding carboxylic acids is 1. The third kappa shape index (κ3) is 4.33. The maximum atomic E-state index is 12.9. The fourth-order valence-corrected chi connectivity index (χ4v) is 3.45. The fraction of sp³-hybridized carbons (Fsp3) is 0.318. The van der Waals surface area contributed by atoms with Gasteiger partial charge in [-0.2, -0.15) is 0 Å². The van der Waals surface area contributed by atoms with Gasteiger partial charge < -0.3 is 20.1 Å². The molecule has 2 N–H and O–H groups in total. The second-order valence-electron chi connectivity index (χ2n) is 6.90. The average molecular weight is 380 g/mol. The summed E-state index contributed by atoms with van der Waals surface area (Å²) in [6, 6.07) is 15.3. The highest BCUT2D eigenvalue weighted by Gasteiger charge is 2.47. The molecule has 2 unspecified atom stereocenters. The van der Waals surface area contributed by atoms with Crippen LogP contribution in [0.5, 0.6) is 0 Å². The zero-order valence-corrected chi connectivity index (χ0v) is 15.2. The van der Waals surface area contributed by atoms with Gasteiger partial charge in [0, 0.05) is 12.1 Å². The van der Waals surface area contributed by atoms with E-state index in [2.05, 4.69) is 22.5 Å². The molecule has 6 heteroatoms. The molecule has 0 aromatic heterocycles. The lowest BCUT2D eigenvalue weighted by Gasteiger charge is -2.17. The molecule has 2 saturated heterocycles. The first kappa shape index (κ1) is 18.5. The Morgan fingerprint density at radius 3 is 2.57 bits per heavy atom. The number of fused-ring (bicyclic) bond motifs is 1. The van der Waals surface area contributed by atoms with E-state index in [-0.39, 0.29) is 36.0 Å². The lowest BCUT2D eigenvalue weighted by molar-refractivity contribution is 0.0665. The highest BCUT2D eigenvalue weighted by atomic mass is 19.1. The van der Waals surface area contributed by atoms with Crippen molar-refractivity contribution >= 4 is 6.03 Å². The van der Waals surface area contributed by atoms with Gasteiger partial charge in [-0.3, -0.25) is 0 Å². The number of urea groups is 1. The van der Waals surface area contributed by atoms with Gasteiger partial charge in [0.1, 0.15) is 18.0 Å². The van der Waals surface area contributed by atoms with E-state index in [1.165, 1.54) is 12.1 Å². The lowest BCUT2D eigenvalue weighted by atomic mass is 10.0. The van der Waals surface area contributed by atoms with E-state index in [9.17, 15) is 9.18 Å². The summed E-state index contributed by atoms with van der Waals surface area (Å²) in [4.78, 5) is 12.2.